The van der Waals surface area contributed by atoms with E-state index in [4.69, 9.17) is 11.5 Å². The zero-order chi connectivity index (χ0) is 9.46. The molecule has 1 rings (SSSR count). The molecule has 0 radical (unpaired) electrons. The maximum Gasteiger partial charge on any atom is 0.0697 e. The van der Waals surface area contributed by atoms with Crippen LogP contribution < -0.4 is 11.5 Å². The number of nitrogen functional groups attached to an aromatic ring is 2. The summed E-state index contributed by atoms with van der Waals surface area (Å²) >= 11 is 8.50. The average Bonchev–Trinajstić information content (AvgIpc) is 2.08. The normalized spacial score (nSPS) is 10.3. The van der Waals surface area contributed by atoms with Crippen LogP contribution in [0.4, 0.5) is 11.4 Å². The van der Waals surface area contributed by atoms with Crippen LogP contribution in [0.15, 0.2) is 9.79 Å². The molecule has 0 saturated carbocycles. The molecule has 0 saturated heterocycles. The van der Waals surface area contributed by atoms with Crippen molar-refractivity contribution < 1.29 is 0 Å². The lowest BCUT2D eigenvalue weighted by Gasteiger charge is -2.13. The minimum atomic E-state index is 0.520. The van der Waals surface area contributed by atoms with E-state index in [1.54, 1.807) is 0 Å². The van der Waals surface area contributed by atoms with Crippen molar-refractivity contribution in [1.29, 1.82) is 0 Å². The maximum atomic E-state index is 5.74. The van der Waals surface area contributed by atoms with Crippen molar-refractivity contribution in [3.8, 4) is 0 Å². The third kappa shape index (κ3) is 1.25. The van der Waals surface area contributed by atoms with Gasteiger partial charge in [-0.3, -0.25) is 0 Å². The van der Waals surface area contributed by atoms with Gasteiger partial charge in [0.2, 0.25) is 0 Å². The average molecular weight is 200 g/mol. The molecule has 0 heterocycles. The molecule has 4 heteroatoms. The lowest BCUT2D eigenvalue weighted by Crippen LogP contribution is -2.01. The molecule has 0 spiro atoms. The Labute approximate surface area is 83.2 Å². The van der Waals surface area contributed by atoms with Gasteiger partial charge in [0.15, 0.2) is 0 Å². The van der Waals surface area contributed by atoms with E-state index in [-0.39, 0.29) is 0 Å². The van der Waals surface area contributed by atoms with Crippen LogP contribution in [-0.4, -0.2) is 0 Å². The van der Waals surface area contributed by atoms with Gasteiger partial charge in [-0.25, -0.2) is 0 Å². The molecule has 0 amide bonds. The summed E-state index contributed by atoms with van der Waals surface area (Å²) in [6.07, 6.45) is 0. The number of hydrogen-bond donors (Lipinski definition) is 4. The highest BCUT2D eigenvalue weighted by atomic mass is 32.1. The van der Waals surface area contributed by atoms with Crippen LogP contribution in [0.3, 0.4) is 0 Å². The molecule has 0 atom stereocenters. The van der Waals surface area contributed by atoms with Gasteiger partial charge in [-0.05, 0) is 25.0 Å². The van der Waals surface area contributed by atoms with E-state index in [9.17, 15) is 0 Å². The lowest BCUT2D eigenvalue weighted by atomic mass is 10.1. The summed E-state index contributed by atoms with van der Waals surface area (Å²) in [4.78, 5) is 1.47. The highest BCUT2D eigenvalue weighted by Gasteiger charge is 2.10. The fourth-order valence-corrected chi connectivity index (χ4v) is 1.59. The molecule has 1 aromatic carbocycles. The maximum absolute atomic E-state index is 5.74. The number of nitrogens with two attached hydrogens (primary N) is 2. The van der Waals surface area contributed by atoms with Gasteiger partial charge >= 0.3 is 0 Å². The Kier molecular flexibility index (Phi) is 2.49. The molecular weight excluding hydrogens is 188 g/mol. The van der Waals surface area contributed by atoms with Crippen molar-refractivity contribution in [3.63, 3.8) is 0 Å². The second kappa shape index (κ2) is 3.11. The second-order valence-electron chi connectivity index (χ2n) is 2.77. The third-order valence-corrected chi connectivity index (χ3v) is 3.29. The monoisotopic (exact) mass is 200 g/mol. The SMILES string of the molecule is Cc1c(C)c(S)c(S)c(N)c1N. The van der Waals surface area contributed by atoms with Crippen molar-refractivity contribution in [2.45, 2.75) is 23.6 Å². The summed E-state index contributed by atoms with van der Waals surface area (Å²) in [6, 6.07) is 0. The molecule has 1 aromatic rings. The summed E-state index contributed by atoms with van der Waals surface area (Å²) in [5.74, 6) is 0. The van der Waals surface area contributed by atoms with Crippen LogP contribution in [0.5, 0.6) is 0 Å². The summed E-state index contributed by atoms with van der Waals surface area (Å²) < 4.78 is 0. The van der Waals surface area contributed by atoms with Crippen molar-refractivity contribution in [3.05, 3.63) is 11.1 Å². The number of hydrogen-bond acceptors (Lipinski definition) is 4. The van der Waals surface area contributed by atoms with E-state index in [2.05, 4.69) is 25.3 Å². The fourth-order valence-electron chi connectivity index (χ4n) is 1.01. The Bertz CT molecular complexity index is 229. The van der Waals surface area contributed by atoms with Gasteiger partial charge in [-0.15, -0.1) is 25.3 Å². The minimum Gasteiger partial charge on any atom is -0.397 e. The van der Waals surface area contributed by atoms with Gasteiger partial charge in [-0.1, -0.05) is 0 Å². The third-order valence-electron chi connectivity index (χ3n) is 2.09. The van der Waals surface area contributed by atoms with Crippen molar-refractivity contribution in [2.24, 2.45) is 0 Å². The molecule has 0 fully saturated rings. The Hall–Kier alpha value is -0.480. The highest BCUT2D eigenvalue weighted by Crippen LogP contribution is 2.35. The van der Waals surface area contributed by atoms with Gasteiger partial charge in [-0.2, -0.15) is 0 Å². The largest absolute Gasteiger partial charge is 0.397 e. The van der Waals surface area contributed by atoms with Gasteiger partial charge < -0.3 is 11.5 Å². The number of anilines is 2. The van der Waals surface area contributed by atoms with Crippen LogP contribution in [0.2, 0.25) is 0 Å². The van der Waals surface area contributed by atoms with Crippen LogP contribution in [0.25, 0.3) is 0 Å². The molecule has 0 aliphatic rings. The number of benzene rings is 1. The van der Waals surface area contributed by atoms with E-state index in [1.165, 1.54) is 0 Å². The van der Waals surface area contributed by atoms with Crippen LogP contribution >= 0.6 is 25.3 Å². The molecular formula is C8H12N2S2. The van der Waals surface area contributed by atoms with Gasteiger partial charge in [0.1, 0.15) is 0 Å². The molecule has 0 unspecified atom stereocenters. The molecule has 0 aliphatic heterocycles. The summed E-state index contributed by atoms with van der Waals surface area (Å²) in [6.45, 7) is 3.88. The molecule has 12 heavy (non-hydrogen) atoms. The van der Waals surface area contributed by atoms with E-state index in [0.29, 0.717) is 16.3 Å². The standard InChI is InChI=1S/C8H12N2S2/c1-3-4(2)7(11)8(12)6(10)5(3)9/h11-12H,9-10H2,1-2H3. The van der Waals surface area contributed by atoms with Crippen molar-refractivity contribution >= 4 is 36.6 Å². The first-order chi connectivity index (χ1) is 5.46. The first kappa shape index (κ1) is 9.61. The van der Waals surface area contributed by atoms with Crippen LogP contribution in [0, 0.1) is 13.8 Å². The van der Waals surface area contributed by atoms with E-state index < -0.39 is 0 Å². The Morgan fingerprint density at radius 3 is 1.83 bits per heavy atom. The molecule has 66 valence electrons. The quantitative estimate of drug-likeness (QED) is 0.383. The van der Waals surface area contributed by atoms with E-state index in [1.807, 2.05) is 13.8 Å². The lowest BCUT2D eigenvalue weighted by molar-refractivity contribution is 1.15. The smallest absolute Gasteiger partial charge is 0.0697 e. The van der Waals surface area contributed by atoms with Gasteiger partial charge in [0.25, 0.3) is 0 Å². The van der Waals surface area contributed by atoms with E-state index in [0.717, 1.165) is 16.0 Å². The topological polar surface area (TPSA) is 52.0 Å². The van der Waals surface area contributed by atoms with Crippen molar-refractivity contribution in [1.82, 2.24) is 0 Å². The number of thiol groups is 2. The predicted molar refractivity (Wildman–Crippen MR) is 59.2 cm³/mol. The molecule has 0 aromatic heterocycles. The zero-order valence-electron chi connectivity index (χ0n) is 7.05. The summed E-state index contributed by atoms with van der Waals surface area (Å²) in [5.41, 5.74) is 14.6. The Morgan fingerprint density at radius 2 is 1.33 bits per heavy atom. The molecule has 2 nitrogen and oxygen atoms in total. The van der Waals surface area contributed by atoms with Crippen LogP contribution in [-0.2, 0) is 0 Å². The zero-order valence-corrected chi connectivity index (χ0v) is 8.84. The Balaban J connectivity index is 3.60. The Morgan fingerprint density at radius 1 is 0.833 bits per heavy atom. The fraction of sp³-hybridized carbons (Fsp3) is 0.250. The molecule has 0 aliphatic carbocycles. The summed E-state index contributed by atoms with van der Waals surface area (Å²) in [7, 11) is 0. The second-order valence-corrected chi connectivity index (χ2v) is 3.67. The van der Waals surface area contributed by atoms with Gasteiger partial charge in [0, 0.05) is 9.79 Å². The van der Waals surface area contributed by atoms with E-state index >= 15 is 0 Å². The number of rotatable bonds is 0. The first-order valence-corrected chi connectivity index (χ1v) is 4.42. The highest BCUT2D eigenvalue weighted by molar-refractivity contribution is 7.83. The molecule has 0 bridgehead atoms. The van der Waals surface area contributed by atoms with Crippen LogP contribution in [0.1, 0.15) is 11.1 Å². The van der Waals surface area contributed by atoms with Gasteiger partial charge in [0.05, 0.1) is 11.4 Å². The summed E-state index contributed by atoms with van der Waals surface area (Å²) in [5, 5.41) is 0. The van der Waals surface area contributed by atoms with Crippen molar-refractivity contribution in [2.75, 3.05) is 11.5 Å². The minimum absolute atomic E-state index is 0.520. The first-order valence-electron chi connectivity index (χ1n) is 3.52. The molecule has 4 N–H and O–H groups in total. The predicted octanol–water partition coefficient (Wildman–Crippen LogP) is 2.05.